The van der Waals surface area contributed by atoms with Gasteiger partial charge in [-0.2, -0.15) is 0 Å². The minimum absolute atomic E-state index is 0.454. The quantitative estimate of drug-likeness (QED) is 0.818. The fourth-order valence-corrected chi connectivity index (χ4v) is 1.73. The van der Waals surface area contributed by atoms with Crippen molar-refractivity contribution in [2.45, 2.75) is 38.8 Å². The Labute approximate surface area is 90.0 Å². The van der Waals surface area contributed by atoms with E-state index >= 15 is 0 Å². The van der Waals surface area contributed by atoms with E-state index < -0.39 is 0 Å². The Morgan fingerprint density at radius 2 is 2.53 bits per heavy atom. The second-order valence-corrected chi connectivity index (χ2v) is 3.87. The molecule has 2 rings (SSSR count). The lowest BCUT2D eigenvalue weighted by Gasteiger charge is -2.22. The maximum atomic E-state index is 5.51. The van der Waals surface area contributed by atoms with Gasteiger partial charge in [0.05, 0.1) is 19.3 Å². The third kappa shape index (κ3) is 3.04. The van der Waals surface area contributed by atoms with Gasteiger partial charge in [-0.05, 0) is 12.8 Å². The zero-order valence-electron chi connectivity index (χ0n) is 9.16. The van der Waals surface area contributed by atoms with Crippen LogP contribution in [0.3, 0.4) is 0 Å². The van der Waals surface area contributed by atoms with Crippen molar-refractivity contribution >= 4 is 0 Å². The van der Waals surface area contributed by atoms with Crippen molar-refractivity contribution in [1.29, 1.82) is 0 Å². The fraction of sp³-hybridized carbons (Fsp3) is 0.727. The lowest BCUT2D eigenvalue weighted by atomic mass is 10.1. The summed E-state index contributed by atoms with van der Waals surface area (Å²) in [6.45, 7) is 4.47. The van der Waals surface area contributed by atoms with E-state index in [1.165, 1.54) is 6.42 Å². The smallest absolute Gasteiger partial charge is 0.208 e. The van der Waals surface area contributed by atoms with Gasteiger partial charge in [-0.15, -0.1) is 0 Å². The number of nitrogens with zero attached hydrogens (tertiary/aromatic N) is 1. The first kappa shape index (κ1) is 10.6. The number of hydrogen-bond donors (Lipinski definition) is 1. The highest BCUT2D eigenvalue weighted by molar-refractivity contribution is 4.93. The molecule has 4 nitrogen and oxygen atoms in total. The third-order valence-electron chi connectivity index (χ3n) is 2.65. The Kier molecular flexibility index (Phi) is 3.75. The summed E-state index contributed by atoms with van der Waals surface area (Å²) in [5.41, 5.74) is 0. The summed E-state index contributed by atoms with van der Waals surface area (Å²) in [7, 11) is 0. The lowest BCUT2D eigenvalue weighted by molar-refractivity contribution is 0.0691. The number of rotatable bonds is 4. The van der Waals surface area contributed by atoms with Crippen LogP contribution in [-0.4, -0.2) is 24.2 Å². The molecular formula is C11H18N2O2. The van der Waals surface area contributed by atoms with E-state index in [-0.39, 0.29) is 0 Å². The molecule has 2 heterocycles. The van der Waals surface area contributed by atoms with Gasteiger partial charge in [0.2, 0.25) is 5.89 Å². The van der Waals surface area contributed by atoms with Crippen molar-refractivity contribution in [2.75, 3.05) is 13.2 Å². The van der Waals surface area contributed by atoms with Crippen molar-refractivity contribution in [2.24, 2.45) is 0 Å². The molecule has 1 saturated heterocycles. The van der Waals surface area contributed by atoms with Crippen LogP contribution in [0.5, 0.6) is 0 Å². The molecule has 1 aromatic heterocycles. The number of hydrogen-bond acceptors (Lipinski definition) is 4. The van der Waals surface area contributed by atoms with E-state index in [1.807, 2.05) is 0 Å². The number of aromatic nitrogens is 1. The van der Waals surface area contributed by atoms with Gasteiger partial charge in [0, 0.05) is 19.1 Å². The summed E-state index contributed by atoms with van der Waals surface area (Å²) < 4.78 is 10.9. The Hall–Kier alpha value is -0.870. The SMILES string of the molecule is CCc1cnc(CNC2CCCOC2)o1. The van der Waals surface area contributed by atoms with Crippen molar-refractivity contribution in [1.82, 2.24) is 10.3 Å². The summed E-state index contributed by atoms with van der Waals surface area (Å²) in [6.07, 6.45) is 5.03. The Morgan fingerprint density at radius 1 is 1.60 bits per heavy atom. The van der Waals surface area contributed by atoms with Crippen LogP contribution in [0.25, 0.3) is 0 Å². The van der Waals surface area contributed by atoms with Crippen LogP contribution >= 0.6 is 0 Å². The molecule has 1 unspecified atom stereocenters. The molecule has 4 heteroatoms. The van der Waals surface area contributed by atoms with Gasteiger partial charge < -0.3 is 14.5 Å². The number of oxazole rings is 1. The average molecular weight is 210 g/mol. The summed E-state index contributed by atoms with van der Waals surface area (Å²) in [4.78, 5) is 4.20. The topological polar surface area (TPSA) is 47.3 Å². The van der Waals surface area contributed by atoms with E-state index in [0.717, 1.165) is 37.7 Å². The molecule has 1 aliphatic heterocycles. The van der Waals surface area contributed by atoms with Gasteiger partial charge in [0.25, 0.3) is 0 Å². The van der Waals surface area contributed by atoms with Crippen molar-refractivity contribution < 1.29 is 9.15 Å². The first-order chi connectivity index (χ1) is 7.38. The predicted octanol–water partition coefficient (Wildman–Crippen LogP) is 1.51. The monoisotopic (exact) mass is 210 g/mol. The Bertz CT molecular complexity index is 293. The van der Waals surface area contributed by atoms with Crippen LogP contribution < -0.4 is 5.32 Å². The normalized spacial score (nSPS) is 21.8. The standard InChI is InChI=1S/C11H18N2O2/c1-2-10-6-13-11(15-10)7-12-9-4-3-5-14-8-9/h6,9,12H,2-5,7-8H2,1H3. The zero-order chi connectivity index (χ0) is 10.5. The summed E-state index contributed by atoms with van der Waals surface area (Å²) in [5, 5.41) is 3.39. The first-order valence-electron chi connectivity index (χ1n) is 5.63. The summed E-state index contributed by atoms with van der Waals surface area (Å²) >= 11 is 0. The molecule has 84 valence electrons. The third-order valence-corrected chi connectivity index (χ3v) is 2.65. The van der Waals surface area contributed by atoms with Crippen LogP contribution in [0.15, 0.2) is 10.6 Å². The van der Waals surface area contributed by atoms with Crippen LogP contribution in [0.4, 0.5) is 0 Å². The van der Waals surface area contributed by atoms with E-state index in [4.69, 9.17) is 9.15 Å². The molecule has 1 atom stereocenters. The molecule has 0 radical (unpaired) electrons. The van der Waals surface area contributed by atoms with Gasteiger partial charge >= 0.3 is 0 Å². The average Bonchev–Trinajstić information content (AvgIpc) is 2.76. The highest BCUT2D eigenvalue weighted by Gasteiger charge is 2.13. The first-order valence-corrected chi connectivity index (χ1v) is 5.63. The number of nitrogens with one attached hydrogen (secondary N) is 1. The van der Waals surface area contributed by atoms with Crippen LogP contribution in [0.1, 0.15) is 31.4 Å². The molecule has 15 heavy (non-hydrogen) atoms. The molecule has 0 amide bonds. The van der Waals surface area contributed by atoms with Crippen LogP contribution in [-0.2, 0) is 17.7 Å². The fourth-order valence-electron chi connectivity index (χ4n) is 1.73. The summed E-state index contributed by atoms with van der Waals surface area (Å²) in [5.74, 6) is 1.73. The molecule has 1 fully saturated rings. The second kappa shape index (κ2) is 5.28. The highest BCUT2D eigenvalue weighted by atomic mass is 16.5. The highest BCUT2D eigenvalue weighted by Crippen LogP contribution is 2.08. The maximum Gasteiger partial charge on any atom is 0.208 e. The minimum Gasteiger partial charge on any atom is -0.444 e. The largest absolute Gasteiger partial charge is 0.444 e. The van der Waals surface area contributed by atoms with E-state index in [1.54, 1.807) is 6.20 Å². The molecule has 0 spiro atoms. The minimum atomic E-state index is 0.454. The van der Waals surface area contributed by atoms with Crippen LogP contribution in [0.2, 0.25) is 0 Å². The van der Waals surface area contributed by atoms with Gasteiger partial charge in [-0.3, -0.25) is 0 Å². The van der Waals surface area contributed by atoms with Gasteiger partial charge in [-0.1, -0.05) is 6.92 Å². The molecule has 0 bridgehead atoms. The van der Waals surface area contributed by atoms with E-state index in [9.17, 15) is 0 Å². The molecular weight excluding hydrogens is 192 g/mol. The van der Waals surface area contributed by atoms with Crippen molar-refractivity contribution in [3.8, 4) is 0 Å². The lowest BCUT2D eigenvalue weighted by Crippen LogP contribution is -2.36. The van der Waals surface area contributed by atoms with Gasteiger partial charge in [0.15, 0.2) is 0 Å². The molecule has 0 aromatic carbocycles. The van der Waals surface area contributed by atoms with Crippen molar-refractivity contribution in [3.63, 3.8) is 0 Å². The number of ether oxygens (including phenoxy) is 1. The molecule has 0 aliphatic carbocycles. The Morgan fingerprint density at radius 3 is 3.20 bits per heavy atom. The maximum absolute atomic E-state index is 5.51. The zero-order valence-corrected chi connectivity index (χ0v) is 9.16. The molecule has 0 saturated carbocycles. The van der Waals surface area contributed by atoms with Gasteiger partial charge in [0.1, 0.15) is 5.76 Å². The van der Waals surface area contributed by atoms with Gasteiger partial charge in [-0.25, -0.2) is 4.98 Å². The van der Waals surface area contributed by atoms with Crippen molar-refractivity contribution in [3.05, 3.63) is 17.8 Å². The van der Waals surface area contributed by atoms with E-state index in [2.05, 4.69) is 17.2 Å². The molecule has 1 N–H and O–H groups in total. The second-order valence-electron chi connectivity index (χ2n) is 3.87. The predicted molar refractivity (Wildman–Crippen MR) is 56.6 cm³/mol. The molecule has 1 aliphatic rings. The number of aryl methyl sites for hydroxylation is 1. The van der Waals surface area contributed by atoms with Crippen LogP contribution in [0, 0.1) is 0 Å². The van der Waals surface area contributed by atoms with E-state index in [0.29, 0.717) is 12.6 Å². The Balaban J connectivity index is 1.76. The molecule has 1 aromatic rings. The summed E-state index contributed by atoms with van der Waals surface area (Å²) in [6, 6.07) is 0.454.